The van der Waals surface area contributed by atoms with E-state index in [2.05, 4.69) is 65.2 Å². The minimum atomic E-state index is -0.408. The molecule has 6 nitrogen and oxygen atoms in total. The standard InChI is InChI=1S/C30H48N2O4/c1-27(2)14-10-15-28(3,4)31(27)18-20-35-25(33)23-12-9-13-24(22-23)26(34)36-21-19-32-29(5,6)16-11-17-30(32,7)8/h9,12-13,22H,10-11,14-21H2,1-8H3. The van der Waals surface area contributed by atoms with Gasteiger partial charge in [0.15, 0.2) is 0 Å². The zero-order chi connectivity index (χ0) is 26.8. The van der Waals surface area contributed by atoms with Crippen LogP contribution in [-0.2, 0) is 9.47 Å². The molecular formula is C30H48N2O4. The van der Waals surface area contributed by atoms with Crippen molar-refractivity contribution in [3.8, 4) is 0 Å². The highest BCUT2D eigenvalue weighted by Crippen LogP contribution is 2.38. The van der Waals surface area contributed by atoms with E-state index in [9.17, 15) is 9.59 Å². The number of rotatable bonds is 8. The van der Waals surface area contributed by atoms with Crippen molar-refractivity contribution in [1.29, 1.82) is 0 Å². The van der Waals surface area contributed by atoms with Gasteiger partial charge in [-0.1, -0.05) is 6.07 Å². The first-order chi connectivity index (χ1) is 16.7. The van der Waals surface area contributed by atoms with Gasteiger partial charge in [0.1, 0.15) is 13.2 Å². The van der Waals surface area contributed by atoms with E-state index in [4.69, 9.17) is 9.47 Å². The first-order valence-electron chi connectivity index (χ1n) is 13.7. The molecule has 2 heterocycles. The van der Waals surface area contributed by atoms with Gasteiger partial charge in [0, 0.05) is 35.2 Å². The van der Waals surface area contributed by atoms with Crippen LogP contribution in [0.25, 0.3) is 0 Å². The minimum absolute atomic E-state index is 0.0798. The molecule has 0 unspecified atom stereocenters. The Labute approximate surface area is 218 Å². The Kier molecular flexibility index (Phi) is 8.61. The summed E-state index contributed by atoms with van der Waals surface area (Å²) < 4.78 is 11.2. The van der Waals surface area contributed by atoms with Gasteiger partial charge in [-0.05, 0) is 112 Å². The van der Waals surface area contributed by atoms with Crippen LogP contribution in [0.4, 0.5) is 0 Å². The number of benzene rings is 1. The van der Waals surface area contributed by atoms with Crippen LogP contribution >= 0.6 is 0 Å². The van der Waals surface area contributed by atoms with Crippen molar-refractivity contribution in [3.63, 3.8) is 0 Å². The monoisotopic (exact) mass is 500 g/mol. The van der Waals surface area contributed by atoms with Crippen LogP contribution in [0.15, 0.2) is 24.3 Å². The third-order valence-electron chi connectivity index (χ3n) is 8.51. The quantitative estimate of drug-likeness (QED) is 0.403. The molecular weight excluding hydrogens is 452 g/mol. The number of hydrogen-bond acceptors (Lipinski definition) is 6. The Bertz CT molecular complexity index is 831. The fraction of sp³-hybridized carbons (Fsp3) is 0.733. The molecule has 2 aliphatic rings. The van der Waals surface area contributed by atoms with Crippen molar-refractivity contribution >= 4 is 11.9 Å². The summed E-state index contributed by atoms with van der Waals surface area (Å²) >= 11 is 0. The van der Waals surface area contributed by atoms with Gasteiger partial charge < -0.3 is 9.47 Å². The number of hydrogen-bond donors (Lipinski definition) is 0. The Morgan fingerprint density at radius 2 is 1.00 bits per heavy atom. The molecule has 2 saturated heterocycles. The Morgan fingerprint density at radius 3 is 1.33 bits per heavy atom. The average Bonchev–Trinajstić information content (AvgIpc) is 2.76. The first-order valence-corrected chi connectivity index (χ1v) is 13.7. The molecule has 0 spiro atoms. The van der Waals surface area contributed by atoms with Crippen LogP contribution < -0.4 is 0 Å². The van der Waals surface area contributed by atoms with Gasteiger partial charge in [-0.25, -0.2) is 9.59 Å². The van der Waals surface area contributed by atoms with Crippen LogP contribution in [-0.4, -0.2) is 70.2 Å². The fourth-order valence-electron chi connectivity index (χ4n) is 6.70. The maximum Gasteiger partial charge on any atom is 0.338 e. The normalized spacial score (nSPS) is 23.1. The molecule has 6 heteroatoms. The van der Waals surface area contributed by atoms with E-state index in [0.29, 0.717) is 37.4 Å². The summed E-state index contributed by atoms with van der Waals surface area (Å²) in [5, 5.41) is 0. The van der Waals surface area contributed by atoms with Crippen molar-refractivity contribution in [3.05, 3.63) is 35.4 Å². The maximum atomic E-state index is 12.7. The molecule has 0 bridgehead atoms. The van der Waals surface area contributed by atoms with Crippen LogP contribution in [0.5, 0.6) is 0 Å². The van der Waals surface area contributed by atoms with Gasteiger partial charge in [-0.3, -0.25) is 9.80 Å². The summed E-state index contributed by atoms with van der Waals surface area (Å²) in [6.07, 6.45) is 6.99. The minimum Gasteiger partial charge on any atom is -0.461 e. The zero-order valence-corrected chi connectivity index (χ0v) is 23.9. The summed E-state index contributed by atoms with van der Waals surface area (Å²) in [4.78, 5) is 30.4. The first kappa shape index (κ1) is 28.6. The molecule has 0 atom stereocenters. The molecule has 0 saturated carbocycles. The van der Waals surface area contributed by atoms with E-state index in [-0.39, 0.29) is 22.2 Å². The van der Waals surface area contributed by atoms with Gasteiger partial charge in [0.25, 0.3) is 0 Å². The predicted octanol–water partition coefficient (Wildman–Crippen LogP) is 6.09. The number of nitrogens with zero attached hydrogens (tertiary/aromatic N) is 2. The molecule has 202 valence electrons. The van der Waals surface area contributed by atoms with Gasteiger partial charge in [0.05, 0.1) is 11.1 Å². The lowest BCUT2D eigenvalue weighted by Gasteiger charge is -2.52. The predicted molar refractivity (Wildman–Crippen MR) is 144 cm³/mol. The van der Waals surface area contributed by atoms with Gasteiger partial charge >= 0.3 is 11.9 Å². The summed E-state index contributed by atoms with van der Waals surface area (Å²) in [6, 6.07) is 6.66. The van der Waals surface area contributed by atoms with Crippen molar-refractivity contribution < 1.29 is 19.1 Å². The fourth-order valence-corrected chi connectivity index (χ4v) is 6.70. The lowest BCUT2D eigenvalue weighted by atomic mass is 9.80. The summed E-state index contributed by atoms with van der Waals surface area (Å²) in [6.45, 7) is 20.1. The molecule has 2 aliphatic heterocycles. The van der Waals surface area contributed by atoms with Crippen molar-refractivity contribution in [2.24, 2.45) is 0 Å². The Balaban J connectivity index is 1.53. The molecule has 0 radical (unpaired) electrons. The molecule has 1 aromatic carbocycles. The second-order valence-corrected chi connectivity index (χ2v) is 13.1. The Hall–Kier alpha value is -1.92. The van der Waals surface area contributed by atoms with E-state index in [1.54, 1.807) is 24.3 Å². The third-order valence-corrected chi connectivity index (χ3v) is 8.51. The second-order valence-electron chi connectivity index (χ2n) is 13.1. The number of piperidine rings is 2. The average molecular weight is 501 g/mol. The Morgan fingerprint density at radius 1 is 0.667 bits per heavy atom. The smallest absolute Gasteiger partial charge is 0.338 e. The van der Waals surface area contributed by atoms with E-state index in [0.717, 1.165) is 25.7 Å². The number of carbonyl (C=O) groups excluding carboxylic acids is 2. The summed E-state index contributed by atoms with van der Waals surface area (Å²) in [5.74, 6) is -0.817. The molecule has 0 amide bonds. The lowest BCUT2D eigenvalue weighted by Crippen LogP contribution is -2.59. The van der Waals surface area contributed by atoms with E-state index in [1.165, 1.54) is 12.8 Å². The topological polar surface area (TPSA) is 59.1 Å². The van der Waals surface area contributed by atoms with Crippen molar-refractivity contribution in [1.82, 2.24) is 9.80 Å². The lowest BCUT2D eigenvalue weighted by molar-refractivity contribution is -0.0403. The van der Waals surface area contributed by atoms with E-state index in [1.807, 2.05) is 0 Å². The highest BCUT2D eigenvalue weighted by atomic mass is 16.5. The highest BCUT2D eigenvalue weighted by Gasteiger charge is 2.42. The number of likely N-dealkylation sites (tertiary alicyclic amines) is 2. The van der Waals surface area contributed by atoms with Gasteiger partial charge in [-0.2, -0.15) is 0 Å². The number of esters is 2. The zero-order valence-electron chi connectivity index (χ0n) is 23.9. The van der Waals surface area contributed by atoms with Crippen LogP contribution in [0, 0.1) is 0 Å². The molecule has 3 rings (SSSR count). The van der Waals surface area contributed by atoms with E-state index >= 15 is 0 Å². The largest absolute Gasteiger partial charge is 0.461 e. The number of ether oxygens (including phenoxy) is 2. The van der Waals surface area contributed by atoms with E-state index < -0.39 is 11.9 Å². The summed E-state index contributed by atoms with van der Waals surface area (Å²) in [5.41, 5.74) is 1.07. The van der Waals surface area contributed by atoms with Gasteiger partial charge in [-0.15, -0.1) is 0 Å². The van der Waals surface area contributed by atoms with Crippen LogP contribution in [0.2, 0.25) is 0 Å². The second kappa shape index (κ2) is 10.8. The van der Waals surface area contributed by atoms with Crippen molar-refractivity contribution in [2.75, 3.05) is 26.3 Å². The van der Waals surface area contributed by atoms with Gasteiger partial charge in [0.2, 0.25) is 0 Å². The molecule has 1 aromatic rings. The third kappa shape index (κ3) is 6.69. The summed E-state index contributed by atoms with van der Waals surface area (Å²) in [7, 11) is 0. The molecule has 0 N–H and O–H groups in total. The van der Waals surface area contributed by atoms with Crippen LogP contribution in [0.3, 0.4) is 0 Å². The SMILES string of the molecule is CC1(C)CCCC(C)(C)N1CCOC(=O)c1cccc(C(=O)OCCN2C(C)(C)CCCC2(C)C)c1. The molecule has 0 aliphatic carbocycles. The number of carbonyl (C=O) groups is 2. The molecule has 2 fully saturated rings. The highest BCUT2D eigenvalue weighted by molar-refractivity contribution is 5.95. The van der Waals surface area contributed by atoms with Crippen LogP contribution in [0.1, 0.15) is 115 Å². The molecule has 36 heavy (non-hydrogen) atoms. The van der Waals surface area contributed by atoms with Crippen molar-refractivity contribution in [2.45, 2.75) is 116 Å². The molecule has 0 aromatic heterocycles. The maximum absolute atomic E-state index is 12.7.